The minimum atomic E-state index is -0.522. The maximum atomic E-state index is 2.53. The minimum Gasteiger partial charge on any atom is -0.310 e. The maximum absolute atomic E-state index is 2.53. The van der Waals surface area contributed by atoms with Gasteiger partial charge < -0.3 is 4.90 Å². The summed E-state index contributed by atoms with van der Waals surface area (Å²) in [6.45, 7) is 0. The highest BCUT2D eigenvalue weighted by atomic mass is 15.1. The molecule has 0 saturated heterocycles. The van der Waals surface area contributed by atoms with Gasteiger partial charge in [0.1, 0.15) is 0 Å². The van der Waals surface area contributed by atoms with E-state index in [2.05, 4.69) is 248 Å². The SMILES string of the molecule is c1ccc(-c2ccccc2N(c2ccc(-c3ccc4ccccc4c3-c3ccccc3)cc2)c2ccc3c(c2)C(c2ccccc2)(c2ccccc2)c2cccc(C4CCCCC4)c2-3)cc1. The number of fused-ring (bicyclic) bond motifs is 4. The van der Waals surface area contributed by atoms with Gasteiger partial charge >= 0.3 is 0 Å². The molecule has 0 unspecified atom stereocenters. The largest absolute Gasteiger partial charge is 0.310 e. The Kier molecular flexibility index (Phi) is 10.3. The number of nitrogens with zero attached hydrogens (tertiary/aromatic N) is 1. The summed E-state index contributed by atoms with van der Waals surface area (Å²) in [5.74, 6) is 0.557. The highest BCUT2D eigenvalue weighted by molar-refractivity contribution is 6.04. The van der Waals surface area contributed by atoms with Crippen LogP contribution in [0.5, 0.6) is 0 Å². The van der Waals surface area contributed by atoms with Crippen LogP contribution in [-0.2, 0) is 5.41 Å². The van der Waals surface area contributed by atoms with Gasteiger partial charge in [-0.15, -0.1) is 0 Å². The molecular weight excluding hydrogens is 795 g/mol. The van der Waals surface area contributed by atoms with Crippen LogP contribution in [0.25, 0.3) is 55.3 Å². The van der Waals surface area contributed by atoms with Crippen LogP contribution >= 0.6 is 0 Å². The molecule has 0 spiro atoms. The molecule has 2 aliphatic rings. The van der Waals surface area contributed by atoms with Crippen LogP contribution in [0, 0.1) is 0 Å². The first-order valence-corrected chi connectivity index (χ1v) is 23.8. The van der Waals surface area contributed by atoms with Crippen molar-refractivity contribution >= 4 is 27.8 Å². The molecule has 1 nitrogen and oxygen atoms in total. The van der Waals surface area contributed by atoms with Crippen LogP contribution in [-0.4, -0.2) is 0 Å². The van der Waals surface area contributed by atoms with E-state index < -0.39 is 5.41 Å². The van der Waals surface area contributed by atoms with Crippen molar-refractivity contribution < 1.29 is 0 Å². The van der Waals surface area contributed by atoms with Crippen molar-refractivity contribution in [3.8, 4) is 44.5 Å². The minimum absolute atomic E-state index is 0.522. The molecule has 1 heteroatoms. The second-order valence-electron chi connectivity index (χ2n) is 18.2. The van der Waals surface area contributed by atoms with E-state index in [9.17, 15) is 0 Å². The monoisotopic (exact) mass is 845 g/mol. The van der Waals surface area contributed by atoms with Gasteiger partial charge in [-0.2, -0.15) is 0 Å². The number of benzene rings is 10. The van der Waals surface area contributed by atoms with E-state index in [1.807, 2.05) is 0 Å². The van der Waals surface area contributed by atoms with Crippen LogP contribution in [0.4, 0.5) is 17.1 Å². The van der Waals surface area contributed by atoms with Gasteiger partial charge in [-0.25, -0.2) is 0 Å². The first-order valence-electron chi connectivity index (χ1n) is 23.8. The smallest absolute Gasteiger partial charge is 0.0714 e. The molecule has 1 saturated carbocycles. The molecule has 0 bridgehead atoms. The fourth-order valence-electron chi connectivity index (χ4n) is 11.6. The normalized spacial score (nSPS) is 14.1. The lowest BCUT2D eigenvalue weighted by molar-refractivity contribution is 0.444. The first-order chi connectivity index (χ1) is 32.8. The van der Waals surface area contributed by atoms with Crippen molar-refractivity contribution in [3.63, 3.8) is 0 Å². The molecule has 10 aromatic carbocycles. The van der Waals surface area contributed by atoms with E-state index >= 15 is 0 Å². The van der Waals surface area contributed by atoms with Gasteiger partial charge in [0.2, 0.25) is 0 Å². The molecule has 0 amide bonds. The Balaban J connectivity index is 1.09. The van der Waals surface area contributed by atoms with Crippen LogP contribution < -0.4 is 4.90 Å². The number of rotatable bonds is 9. The molecule has 0 aromatic heterocycles. The Morgan fingerprint density at radius 2 is 0.939 bits per heavy atom. The third kappa shape index (κ3) is 6.69. The summed E-state index contributed by atoms with van der Waals surface area (Å²) < 4.78 is 0. The summed E-state index contributed by atoms with van der Waals surface area (Å²) in [5, 5.41) is 2.50. The fourth-order valence-corrected chi connectivity index (χ4v) is 11.6. The zero-order chi connectivity index (χ0) is 43.9. The predicted octanol–water partition coefficient (Wildman–Crippen LogP) is 17.7. The average Bonchev–Trinajstić information content (AvgIpc) is 3.70. The summed E-state index contributed by atoms with van der Waals surface area (Å²) in [6, 6.07) is 90.4. The fraction of sp³-hybridized carbons (Fsp3) is 0.108. The van der Waals surface area contributed by atoms with Gasteiger partial charge in [-0.1, -0.05) is 232 Å². The van der Waals surface area contributed by atoms with Gasteiger partial charge in [-0.3, -0.25) is 0 Å². The van der Waals surface area contributed by atoms with Crippen molar-refractivity contribution in [2.75, 3.05) is 4.90 Å². The zero-order valence-electron chi connectivity index (χ0n) is 37.2. The summed E-state index contributed by atoms with van der Waals surface area (Å²) in [4.78, 5) is 2.50. The lowest BCUT2D eigenvalue weighted by atomic mass is 9.67. The topological polar surface area (TPSA) is 3.24 Å². The van der Waals surface area contributed by atoms with Crippen LogP contribution in [0.15, 0.2) is 243 Å². The van der Waals surface area contributed by atoms with Gasteiger partial charge in [0, 0.05) is 16.9 Å². The molecule has 0 N–H and O–H groups in total. The molecule has 0 atom stereocenters. The quantitative estimate of drug-likeness (QED) is 0.140. The van der Waals surface area contributed by atoms with E-state index in [-0.39, 0.29) is 0 Å². The number of hydrogen-bond acceptors (Lipinski definition) is 1. The van der Waals surface area contributed by atoms with E-state index in [0.29, 0.717) is 5.92 Å². The lowest BCUT2D eigenvalue weighted by Crippen LogP contribution is -2.29. The van der Waals surface area contributed by atoms with Crippen LogP contribution in [0.3, 0.4) is 0 Å². The first kappa shape index (κ1) is 39.8. The number of para-hydroxylation sites is 1. The molecule has 66 heavy (non-hydrogen) atoms. The Hall–Kier alpha value is -7.74. The molecule has 12 rings (SSSR count). The zero-order valence-corrected chi connectivity index (χ0v) is 37.2. The number of hydrogen-bond donors (Lipinski definition) is 0. The molecular formula is C65H51N. The number of anilines is 3. The highest BCUT2D eigenvalue weighted by Gasteiger charge is 2.47. The summed E-state index contributed by atoms with van der Waals surface area (Å²) in [5.41, 5.74) is 19.7. The Labute approximate surface area is 389 Å². The Morgan fingerprint density at radius 3 is 1.65 bits per heavy atom. The van der Waals surface area contributed by atoms with Gasteiger partial charge in [0.25, 0.3) is 0 Å². The van der Waals surface area contributed by atoms with Crippen molar-refractivity contribution in [1.29, 1.82) is 0 Å². The predicted molar refractivity (Wildman–Crippen MR) is 278 cm³/mol. The molecule has 0 radical (unpaired) electrons. The molecule has 10 aromatic rings. The van der Waals surface area contributed by atoms with Crippen molar-refractivity contribution in [3.05, 3.63) is 270 Å². The second-order valence-corrected chi connectivity index (χ2v) is 18.2. The molecule has 0 heterocycles. The second kappa shape index (κ2) is 17.0. The van der Waals surface area contributed by atoms with Crippen molar-refractivity contribution in [2.45, 2.75) is 43.4 Å². The van der Waals surface area contributed by atoms with Crippen LogP contribution in [0.2, 0.25) is 0 Å². The summed E-state index contributed by atoms with van der Waals surface area (Å²) in [6.07, 6.45) is 6.43. The molecule has 1 fully saturated rings. The average molecular weight is 846 g/mol. The summed E-state index contributed by atoms with van der Waals surface area (Å²) in [7, 11) is 0. The maximum Gasteiger partial charge on any atom is 0.0714 e. The van der Waals surface area contributed by atoms with E-state index in [4.69, 9.17) is 0 Å². The van der Waals surface area contributed by atoms with Gasteiger partial charge in [0.15, 0.2) is 0 Å². The van der Waals surface area contributed by atoms with Crippen molar-refractivity contribution in [1.82, 2.24) is 0 Å². The van der Waals surface area contributed by atoms with E-state index in [0.717, 1.165) is 17.1 Å². The van der Waals surface area contributed by atoms with Crippen LogP contribution in [0.1, 0.15) is 65.8 Å². The third-order valence-corrected chi connectivity index (χ3v) is 14.6. The van der Waals surface area contributed by atoms with E-state index in [1.54, 1.807) is 0 Å². The third-order valence-electron chi connectivity index (χ3n) is 14.6. The molecule has 0 aliphatic heterocycles. The molecule has 2 aliphatic carbocycles. The van der Waals surface area contributed by atoms with E-state index in [1.165, 1.54) is 115 Å². The van der Waals surface area contributed by atoms with Gasteiger partial charge in [-0.05, 0) is 127 Å². The highest BCUT2D eigenvalue weighted by Crippen LogP contribution is 2.59. The molecule has 316 valence electrons. The van der Waals surface area contributed by atoms with Gasteiger partial charge in [0.05, 0.1) is 11.1 Å². The summed E-state index contributed by atoms with van der Waals surface area (Å²) >= 11 is 0. The standard InChI is InChI=1S/C65H51N/c1-6-21-46(22-7-1)55-32-18-19-36-62(55)66(53-40-37-49(38-41-53)58-43-39-48-25-16-17-33-56(48)63(58)50-26-10-3-11-27-50)54-42-44-59-61(45-54)65(51-28-12-4-13-29-51,52-30-14-5-15-31-52)60-35-20-34-57(64(59)60)47-23-8-2-9-24-47/h1,3-7,10-22,25-45,47H,2,8-9,23-24H2. The Bertz CT molecular complexity index is 3270. The Morgan fingerprint density at radius 1 is 0.364 bits per heavy atom. The van der Waals surface area contributed by atoms with Crippen molar-refractivity contribution in [2.24, 2.45) is 0 Å². The lowest BCUT2D eigenvalue weighted by Gasteiger charge is -2.35.